The molecule has 0 unspecified atom stereocenters. The van der Waals surface area contributed by atoms with Crippen LogP contribution < -0.4 is 15.4 Å². The second kappa shape index (κ2) is 8.57. The van der Waals surface area contributed by atoms with Crippen LogP contribution in [0.4, 0.5) is 11.6 Å². The van der Waals surface area contributed by atoms with Gasteiger partial charge in [0.15, 0.2) is 0 Å². The predicted octanol–water partition coefficient (Wildman–Crippen LogP) is 4.48. The van der Waals surface area contributed by atoms with Gasteiger partial charge >= 0.3 is 0 Å². The fraction of sp³-hybridized carbons (Fsp3) is 0.130. The molecule has 2 heterocycles. The molecule has 1 amide bonds. The number of carbonyl (C=O) groups excluding carboxylic acids is 1. The van der Waals surface area contributed by atoms with Gasteiger partial charge in [0.25, 0.3) is 5.91 Å². The molecule has 2 aromatic carbocycles. The number of anilines is 2. The number of fused-ring (bicyclic) bond motifs is 1. The van der Waals surface area contributed by atoms with E-state index in [2.05, 4.69) is 38.6 Å². The Kier molecular flexibility index (Phi) is 5.52. The molecule has 0 aliphatic rings. The highest BCUT2D eigenvalue weighted by molar-refractivity contribution is 5.92. The number of carbonyl (C=O) groups is 1. The van der Waals surface area contributed by atoms with E-state index < -0.39 is 0 Å². The minimum Gasteiger partial charge on any atom is -0.457 e. The van der Waals surface area contributed by atoms with E-state index in [1.54, 1.807) is 25.4 Å². The van der Waals surface area contributed by atoms with Crippen LogP contribution in [0.1, 0.15) is 23.0 Å². The lowest BCUT2D eigenvalue weighted by Crippen LogP contribution is -2.18. The number of nitrogens with one attached hydrogen (secondary N) is 2. The van der Waals surface area contributed by atoms with Crippen molar-refractivity contribution in [2.45, 2.75) is 13.3 Å². The van der Waals surface area contributed by atoms with Crippen molar-refractivity contribution >= 4 is 28.4 Å². The number of hydrogen-bond donors (Lipinski definition) is 2. The van der Waals surface area contributed by atoms with E-state index in [-0.39, 0.29) is 5.91 Å². The number of aryl methyl sites for hydroxylation is 1. The highest BCUT2D eigenvalue weighted by Crippen LogP contribution is 2.26. The minimum atomic E-state index is -0.267. The van der Waals surface area contributed by atoms with Gasteiger partial charge in [-0.3, -0.25) is 9.78 Å². The van der Waals surface area contributed by atoms with Gasteiger partial charge in [-0.2, -0.15) is 0 Å². The van der Waals surface area contributed by atoms with E-state index in [0.29, 0.717) is 23.1 Å². The number of para-hydroxylation sites is 1. The summed E-state index contributed by atoms with van der Waals surface area (Å²) in [6, 6.07) is 17.0. The molecular formula is C23H21N5O2. The molecular weight excluding hydrogens is 378 g/mol. The first-order valence-electron chi connectivity index (χ1n) is 9.64. The molecule has 0 fully saturated rings. The average Bonchev–Trinajstić information content (AvgIpc) is 2.79. The Morgan fingerprint density at radius 3 is 2.70 bits per heavy atom. The smallest absolute Gasteiger partial charge is 0.269 e. The second-order valence-electron chi connectivity index (χ2n) is 6.61. The van der Waals surface area contributed by atoms with Gasteiger partial charge < -0.3 is 15.4 Å². The van der Waals surface area contributed by atoms with Crippen LogP contribution in [-0.2, 0) is 6.42 Å². The lowest BCUT2D eigenvalue weighted by atomic mass is 10.1. The summed E-state index contributed by atoms with van der Waals surface area (Å²) in [5.41, 5.74) is 3.30. The molecule has 4 rings (SSSR count). The summed E-state index contributed by atoms with van der Waals surface area (Å²) in [6.07, 6.45) is 4.22. The quantitative estimate of drug-likeness (QED) is 0.497. The van der Waals surface area contributed by atoms with E-state index >= 15 is 0 Å². The van der Waals surface area contributed by atoms with Gasteiger partial charge in [0.2, 0.25) is 5.95 Å². The van der Waals surface area contributed by atoms with Crippen molar-refractivity contribution in [3.05, 3.63) is 78.2 Å². The summed E-state index contributed by atoms with van der Waals surface area (Å²) in [4.78, 5) is 24.8. The second-order valence-corrected chi connectivity index (χ2v) is 6.61. The Balaban J connectivity index is 1.55. The maximum Gasteiger partial charge on any atom is 0.269 e. The van der Waals surface area contributed by atoms with Crippen molar-refractivity contribution in [3.8, 4) is 11.5 Å². The molecule has 0 spiro atoms. The molecule has 30 heavy (non-hydrogen) atoms. The number of aromatic nitrogens is 3. The van der Waals surface area contributed by atoms with Crippen LogP contribution in [0.25, 0.3) is 10.9 Å². The van der Waals surface area contributed by atoms with Crippen molar-refractivity contribution in [2.75, 3.05) is 12.4 Å². The van der Waals surface area contributed by atoms with Gasteiger partial charge in [0.1, 0.15) is 17.2 Å². The van der Waals surface area contributed by atoms with E-state index in [4.69, 9.17) is 4.74 Å². The highest BCUT2D eigenvalue weighted by Gasteiger charge is 2.08. The third-order valence-electron chi connectivity index (χ3n) is 4.62. The summed E-state index contributed by atoms with van der Waals surface area (Å²) in [6.45, 7) is 2.11. The van der Waals surface area contributed by atoms with Crippen molar-refractivity contribution in [1.29, 1.82) is 0 Å². The van der Waals surface area contributed by atoms with Crippen molar-refractivity contribution in [1.82, 2.24) is 20.3 Å². The van der Waals surface area contributed by atoms with Crippen molar-refractivity contribution in [3.63, 3.8) is 0 Å². The fourth-order valence-electron chi connectivity index (χ4n) is 3.07. The molecule has 0 saturated heterocycles. The minimum absolute atomic E-state index is 0.267. The monoisotopic (exact) mass is 399 g/mol. The lowest BCUT2D eigenvalue weighted by molar-refractivity contribution is 0.0958. The normalized spacial score (nSPS) is 10.6. The van der Waals surface area contributed by atoms with E-state index in [1.807, 2.05) is 36.4 Å². The summed E-state index contributed by atoms with van der Waals surface area (Å²) in [5, 5.41) is 6.69. The first-order valence-corrected chi connectivity index (χ1v) is 9.64. The van der Waals surface area contributed by atoms with E-state index in [9.17, 15) is 4.79 Å². The van der Waals surface area contributed by atoms with Crippen molar-refractivity contribution in [2.24, 2.45) is 0 Å². The van der Waals surface area contributed by atoms with Crippen LogP contribution in [-0.4, -0.2) is 27.9 Å². The summed E-state index contributed by atoms with van der Waals surface area (Å²) < 4.78 is 5.89. The molecule has 0 radical (unpaired) electrons. The maximum atomic E-state index is 11.7. The zero-order valence-electron chi connectivity index (χ0n) is 16.7. The summed E-state index contributed by atoms with van der Waals surface area (Å²) in [7, 11) is 1.56. The van der Waals surface area contributed by atoms with Crippen LogP contribution in [0.2, 0.25) is 0 Å². The average molecular weight is 399 g/mol. The Hall–Kier alpha value is -4.00. The molecule has 2 aromatic heterocycles. The van der Waals surface area contributed by atoms with Gasteiger partial charge in [-0.15, -0.1) is 0 Å². The molecule has 0 saturated carbocycles. The number of pyridine rings is 1. The third kappa shape index (κ3) is 4.20. The number of benzene rings is 2. The maximum absolute atomic E-state index is 11.7. The van der Waals surface area contributed by atoms with Crippen LogP contribution in [0.5, 0.6) is 11.5 Å². The standard InChI is InChI=1S/C23H21N5O2/c1-3-15-6-4-5-7-19(15)27-23-26-14-16-12-17(8-9-20(16)28-23)30-18-10-11-25-21(13-18)22(29)24-2/h4-14H,3H2,1-2H3,(H,24,29)(H,26,27,28). The number of rotatable bonds is 6. The molecule has 7 nitrogen and oxygen atoms in total. The van der Waals surface area contributed by atoms with Crippen LogP contribution in [0.3, 0.4) is 0 Å². The first-order chi connectivity index (χ1) is 14.7. The molecule has 4 aromatic rings. The number of ether oxygens (including phenoxy) is 1. The van der Waals surface area contributed by atoms with Gasteiger partial charge in [-0.1, -0.05) is 25.1 Å². The zero-order chi connectivity index (χ0) is 20.9. The SMILES string of the molecule is CCc1ccccc1Nc1ncc2cc(Oc3ccnc(C(=O)NC)c3)ccc2n1. The van der Waals surface area contributed by atoms with Gasteiger partial charge in [0.05, 0.1) is 5.52 Å². The first kappa shape index (κ1) is 19.3. The lowest BCUT2D eigenvalue weighted by Gasteiger charge is -2.10. The van der Waals surface area contributed by atoms with Gasteiger partial charge in [0, 0.05) is 36.6 Å². The van der Waals surface area contributed by atoms with E-state index in [0.717, 1.165) is 23.0 Å². The molecule has 0 bridgehead atoms. The Bertz CT molecular complexity index is 1210. The van der Waals surface area contributed by atoms with Crippen LogP contribution in [0, 0.1) is 0 Å². The Morgan fingerprint density at radius 1 is 1.03 bits per heavy atom. The molecule has 0 aliphatic heterocycles. The fourth-order valence-corrected chi connectivity index (χ4v) is 3.07. The third-order valence-corrected chi connectivity index (χ3v) is 4.62. The zero-order valence-corrected chi connectivity index (χ0v) is 16.7. The molecule has 0 atom stereocenters. The highest BCUT2D eigenvalue weighted by atomic mass is 16.5. The molecule has 2 N–H and O–H groups in total. The van der Waals surface area contributed by atoms with E-state index in [1.165, 1.54) is 11.8 Å². The van der Waals surface area contributed by atoms with Gasteiger partial charge in [-0.05, 0) is 42.3 Å². The van der Waals surface area contributed by atoms with Crippen molar-refractivity contribution < 1.29 is 9.53 Å². The predicted molar refractivity (Wildman–Crippen MR) is 116 cm³/mol. The molecule has 0 aliphatic carbocycles. The summed E-state index contributed by atoms with van der Waals surface area (Å²) >= 11 is 0. The van der Waals surface area contributed by atoms with Crippen LogP contribution in [0.15, 0.2) is 67.0 Å². The molecule has 150 valence electrons. The van der Waals surface area contributed by atoms with Gasteiger partial charge in [-0.25, -0.2) is 9.97 Å². The number of amides is 1. The molecule has 7 heteroatoms. The largest absolute Gasteiger partial charge is 0.457 e. The Labute approximate surface area is 174 Å². The topological polar surface area (TPSA) is 89.0 Å². The summed E-state index contributed by atoms with van der Waals surface area (Å²) in [5.74, 6) is 1.42. The van der Waals surface area contributed by atoms with Crippen LogP contribution >= 0.6 is 0 Å². The Morgan fingerprint density at radius 2 is 1.87 bits per heavy atom. The number of hydrogen-bond acceptors (Lipinski definition) is 6. The number of nitrogens with zero attached hydrogens (tertiary/aromatic N) is 3.